The third-order valence-electron chi connectivity index (χ3n) is 3.81. The molecule has 118 valence electrons. The number of benzene rings is 2. The molecule has 0 bridgehead atoms. The van der Waals surface area contributed by atoms with Gasteiger partial charge in [-0.15, -0.1) is 0 Å². The van der Waals surface area contributed by atoms with Crippen molar-refractivity contribution in [2.24, 2.45) is 0 Å². The van der Waals surface area contributed by atoms with E-state index in [9.17, 15) is 5.11 Å². The van der Waals surface area contributed by atoms with Crippen LogP contribution in [0.4, 0.5) is 11.6 Å². The average molecular weight is 317 g/mol. The van der Waals surface area contributed by atoms with Crippen molar-refractivity contribution in [1.29, 1.82) is 0 Å². The minimum atomic E-state index is 0.194. The Hall–Kier alpha value is -3.41. The van der Waals surface area contributed by atoms with E-state index in [1.54, 1.807) is 24.7 Å². The van der Waals surface area contributed by atoms with Crippen LogP contribution in [0.3, 0.4) is 0 Å². The number of anilines is 2. The predicted molar refractivity (Wildman–Crippen MR) is 92.8 cm³/mol. The summed E-state index contributed by atoms with van der Waals surface area (Å²) in [6.07, 6.45) is 3.44. The second-order valence-electron chi connectivity index (χ2n) is 5.47. The highest BCUT2D eigenvalue weighted by atomic mass is 16.3. The van der Waals surface area contributed by atoms with E-state index < -0.39 is 0 Å². The van der Waals surface area contributed by atoms with Gasteiger partial charge in [0.2, 0.25) is 5.95 Å². The Kier molecular flexibility index (Phi) is 3.35. The lowest BCUT2D eigenvalue weighted by atomic mass is 10.2. The molecular weight excluding hydrogens is 302 g/mol. The van der Waals surface area contributed by atoms with Crippen LogP contribution in [-0.4, -0.2) is 24.6 Å². The maximum atomic E-state index is 9.65. The molecule has 0 spiro atoms. The number of phenolic OH excluding ortho intramolecular Hbond substituents is 1. The lowest BCUT2D eigenvalue weighted by Crippen LogP contribution is -2.02. The van der Waals surface area contributed by atoms with Gasteiger partial charge < -0.3 is 10.4 Å². The molecule has 0 unspecified atom stereocenters. The summed E-state index contributed by atoms with van der Waals surface area (Å²) < 4.78 is 1.91. The first-order valence-corrected chi connectivity index (χ1v) is 7.53. The SMILES string of the molecule is Cc1ccc(O)cc1Nc1nccc(-n2cnc3ccccc32)n1. The third-order valence-corrected chi connectivity index (χ3v) is 3.81. The predicted octanol–water partition coefficient (Wildman–Crippen LogP) is 3.57. The van der Waals surface area contributed by atoms with Gasteiger partial charge in [0.05, 0.1) is 11.0 Å². The van der Waals surface area contributed by atoms with E-state index in [4.69, 9.17) is 0 Å². The molecule has 0 fully saturated rings. The van der Waals surface area contributed by atoms with Crippen LogP contribution in [-0.2, 0) is 0 Å². The van der Waals surface area contributed by atoms with Crippen molar-refractivity contribution < 1.29 is 5.11 Å². The Balaban J connectivity index is 1.73. The molecule has 0 radical (unpaired) electrons. The normalized spacial score (nSPS) is 10.9. The smallest absolute Gasteiger partial charge is 0.229 e. The average Bonchev–Trinajstić information content (AvgIpc) is 3.03. The lowest BCUT2D eigenvalue weighted by Gasteiger charge is -2.10. The number of hydrogen-bond donors (Lipinski definition) is 2. The van der Waals surface area contributed by atoms with E-state index in [0.29, 0.717) is 5.95 Å². The number of hydrogen-bond acceptors (Lipinski definition) is 5. The molecule has 4 aromatic rings. The molecule has 2 heterocycles. The molecule has 0 aliphatic carbocycles. The van der Waals surface area contributed by atoms with Crippen molar-refractivity contribution in [2.75, 3.05) is 5.32 Å². The maximum Gasteiger partial charge on any atom is 0.229 e. The lowest BCUT2D eigenvalue weighted by molar-refractivity contribution is 0.475. The van der Waals surface area contributed by atoms with Crippen molar-refractivity contribution in [3.63, 3.8) is 0 Å². The first-order chi connectivity index (χ1) is 11.7. The number of aromatic hydroxyl groups is 1. The van der Waals surface area contributed by atoms with E-state index in [1.807, 2.05) is 47.9 Å². The van der Waals surface area contributed by atoms with Crippen LogP contribution in [0.15, 0.2) is 61.1 Å². The first-order valence-electron chi connectivity index (χ1n) is 7.53. The molecule has 2 N–H and O–H groups in total. The van der Waals surface area contributed by atoms with Crippen LogP contribution in [0, 0.1) is 6.92 Å². The van der Waals surface area contributed by atoms with Crippen LogP contribution >= 0.6 is 0 Å². The maximum absolute atomic E-state index is 9.65. The number of aromatic nitrogens is 4. The van der Waals surface area contributed by atoms with Gasteiger partial charge in [0.25, 0.3) is 0 Å². The molecule has 0 aliphatic heterocycles. The van der Waals surface area contributed by atoms with Gasteiger partial charge in [-0.05, 0) is 36.8 Å². The molecule has 0 aliphatic rings. The van der Waals surface area contributed by atoms with Gasteiger partial charge in [-0.25, -0.2) is 9.97 Å². The molecule has 4 rings (SSSR count). The highest BCUT2D eigenvalue weighted by Crippen LogP contribution is 2.24. The molecule has 0 saturated carbocycles. The number of fused-ring (bicyclic) bond motifs is 1. The third kappa shape index (κ3) is 2.54. The quantitative estimate of drug-likeness (QED) is 0.604. The molecule has 0 amide bonds. The van der Waals surface area contributed by atoms with Crippen molar-refractivity contribution in [1.82, 2.24) is 19.5 Å². The summed E-state index contributed by atoms with van der Waals surface area (Å²) in [6, 6.07) is 14.8. The summed E-state index contributed by atoms with van der Waals surface area (Å²) in [7, 11) is 0. The largest absolute Gasteiger partial charge is 0.508 e. The zero-order valence-corrected chi connectivity index (χ0v) is 13.0. The topological polar surface area (TPSA) is 75.9 Å². The first kappa shape index (κ1) is 14.2. The number of aryl methyl sites for hydroxylation is 1. The Labute approximate surface area is 138 Å². The van der Waals surface area contributed by atoms with Gasteiger partial charge in [-0.2, -0.15) is 4.98 Å². The summed E-state index contributed by atoms with van der Waals surface area (Å²) in [5, 5.41) is 12.8. The molecule has 0 atom stereocenters. The molecule has 24 heavy (non-hydrogen) atoms. The highest BCUT2D eigenvalue weighted by Gasteiger charge is 2.08. The molecule has 0 saturated heterocycles. The summed E-state index contributed by atoms with van der Waals surface area (Å²) >= 11 is 0. The van der Waals surface area contributed by atoms with Crippen LogP contribution in [0.5, 0.6) is 5.75 Å². The van der Waals surface area contributed by atoms with Crippen molar-refractivity contribution >= 4 is 22.7 Å². The number of nitrogens with zero attached hydrogens (tertiary/aromatic N) is 4. The van der Waals surface area contributed by atoms with Crippen molar-refractivity contribution in [3.05, 3.63) is 66.6 Å². The van der Waals surface area contributed by atoms with Gasteiger partial charge in [0, 0.05) is 18.0 Å². The molecule has 6 nitrogen and oxygen atoms in total. The second kappa shape index (κ2) is 5.66. The summed E-state index contributed by atoms with van der Waals surface area (Å²) in [5.74, 6) is 1.37. The van der Waals surface area contributed by atoms with Gasteiger partial charge in [-0.3, -0.25) is 4.57 Å². The number of rotatable bonds is 3. The fourth-order valence-electron chi connectivity index (χ4n) is 2.55. The van der Waals surface area contributed by atoms with Gasteiger partial charge in [-0.1, -0.05) is 18.2 Å². The van der Waals surface area contributed by atoms with Crippen molar-refractivity contribution in [3.8, 4) is 11.6 Å². The van der Waals surface area contributed by atoms with Crippen LogP contribution in [0.25, 0.3) is 16.9 Å². The minimum absolute atomic E-state index is 0.194. The number of imidazole rings is 1. The van der Waals surface area contributed by atoms with E-state index in [0.717, 1.165) is 28.1 Å². The van der Waals surface area contributed by atoms with E-state index in [1.165, 1.54) is 0 Å². The summed E-state index contributed by atoms with van der Waals surface area (Å²) in [4.78, 5) is 13.2. The van der Waals surface area contributed by atoms with Crippen molar-refractivity contribution in [2.45, 2.75) is 6.92 Å². The van der Waals surface area contributed by atoms with Gasteiger partial charge in [0.15, 0.2) is 0 Å². The van der Waals surface area contributed by atoms with E-state index >= 15 is 0 Å². The van der Waals surface area contributed by atoms with E-state index in [2.05, 4.69) is 20.3 Å². The van der Waals surface area contributed by atoms with Crippen LogP contribution in [0.1, 0.15) is 5.56 Å². The number of nitrogens with one attached hydrogen (secondary N) is 1. The number of phenols is 1. The standard InChI is InChI=1S/C18H15N5O/c1-12-6-7-13(24)10-15(12)21-18-19-9-8-17(22-18)23-11-20-14-4-2-3-5-16(14)23/h2-11,24H,1H3,(H,19,21,22). The Morgan fingerprint density at radius 2 is 1.92 bits per heavy atom. The van der Waals surface area contributed by atoms with Gasteiger partial charge in [0.1, 0.15) is 17.9 Å². The molecule has 6 heteroatoms. The van der Waals surface area contributed by atoms with Crippen LogP contribution in [0.2, 0.25) is 0 Å². The van der Waals surface area contributed by atoms with Gasteiger partial charge >= 0.3 is 0 Å². The zero-order chi connectivity index (χ0) is 16.5. The summed E-state index contributed by atoms with van der Waals surface area (Å²) in [6.45, 7) is 1.95. The molecule has 2 aromatic heterocycles. The minimum Gasteiger partial charge on any atom is -0.508 e. The Morgan fingerprint density at radius 1 is 1.04 bits per heavy atom. The van der Waals surface area contributed by atoms with Crippen LogP contribution < -0.4 is 5.32 Å². The van der Waals surface area contributed by atoms with E-state index in [-0.39, 0.29) is 5.75 Å². The second-order valence-corrected chi connectivity index (χ2v) is 5.47. The monoisotopic (exact) mass is 317 g/mol. The molecular formula is C18H15N5O. The fraction of sp³-hybridized carbons (Fsp3) is 0.0556. The Morgan fingerprint density at radius 3 is 2.83 bits per heavy atom. The Bertz CT molecular complexity index is 1020. The molecule has 2 aromatic carbocycles. The highest BCUT2D eigenvalue weighted by molar-refractivity contribution is 5.76. The zero-order valence-electron chi connectivity index (χ0n) is 13.0. The fourth-order valence-corrected chi connectivity index (χ4v) is 2.55. The number of para-hydroxylation sites is 2. The summed E-state index contributed by atoms with van der Waals surface area (Å²) in [5.41, 5.74) is 3.66.